The van der Waals surface area contributed by atoms with Crippen LogP contribution in [0.25, 0.3) is 5.52 Å². The highest BCUT2D eigenvalue weighted by Crippen LogP contribution is 2.35. The standard InChI is InChI=1S/C17H15N7/c1-2-8-24-12(4-1)10-14(22-24)17-16-13(18-11-19-16)6-9-23(17)15-5-3-7-20-21-15/h1-5,7-8,10-11,17H,6,9H2,(H,18,19)/t17-/m1/s1. The number of imidazole rings is 1. The van der Waals surface area contributed by atoms with Crippen molar-refractivity contribution in [3.05, 3.63) is 72.2 Å². The molecule has 5 rings (SSSR count). The molecule has 118 valence electrons. The van der Waals surface area contributed by atoms with Gasteiger partial charge in [0, 0.05) is 31.1 Å². The number of hydrogen-bond acceptors (Lipinski definition) is 5. The molecule has 1 aliphatic rings. The van der Waals surface area contributed by atoms with Crippen LogP contribution < -0.4 is 4.90 Å². The van der Waals surface area contributed by atoms with Gasteiger partial charge in [-0.15, -0.1) is 5.10 Å². The Hall–Kier alpha value is -3.22. The number of hydrogen-bond donors (Lipinski definition) is 1. The van der Waals surface area contributed by atoms with Crippen LogP contribution in [0.2, 0.25) is 0 Å². The smallest absolute Gasteiger partial charge is 0.152 e. The average Bonchev–Trinajstić information content (AvgIpc) is 3.28. The number of aromatic nitrogens is 6. The zero-order valence-corrected chi connectivity index (χ0v) is 12.9. The highest BCUT2D eigenvalue weighted by Gasteiger charge is 2.33. The molecule has 4 aromatic heterocycles. The molecule has 1 aliphatic heterocycles. The molecule has 7 nitrogen and oxygen atoms in total. The summed E-state index contributed by atoms with van der Waals surface area (Å²) in [6.45, 7) is 0.840. The Balaban J connectivity index is 1.68. The lowest BCUT2D eigenvalue weighted by Crippen LogP contribution is -2.37. The first-order valence-corrected chi connectivity index (χ1v) is 7.91. The number of H-pyrrole nitrogens is 1. The molecule has 0 radical (unpaired) electrons. The van der Waals surface area contributed by atoms with Crippen molar-refractivity contribution in [2.45, 2.75) is 12.5 Å². The van der Waals surface area contributed by atoms with Crippen LogP contribution in [0.3, 0.4) is 0 Å². The summed E-state index contributed by atoms with van der Waals surface area (Å²) >= 11 is 0. The van der Waals surface area contributed by atoms with Gasteiger partial charge in [0.1, 0.15) is 6.04 Å². The van der Waals surface area contributed by atoms with E-state index in [4.69, 9.17) is 5.10 Å². The van der Waals surface area contributed by atoms with E-state index in [-0.39, 0.29) is 6.04 Å². The Morgan fingerprint density at radius 1 is 1.17 bits per heavy atom. The van der Waals surface area contributed by atoms with Crippen LogP contribution in [-0.4, -0.2) is 36.3 Å². The molecular weight excluding hydrogens is 302 g/mol. The van der Waals surface area contributed by atoms with E-state index in [0.29, 0.717) is 0 Å². The van der Waals surface area contributed by atoms with Crippen LogP contribution >= 0.6 is 0 Å². The summed E-state index contributed by atoms with van der Waals surface area (Å²) in [6.07, 6.45) is 6.30. The van der Waals surface area contributed by atoms with Crippen LogP contribution in [0.5, 0.6) is 0 Å². The molecule has 1 N–H and O–H groups in total. The third-order valence-electron chi connectivity index (χ3n) is 4.45. The molecule has 0 saturated heterocycles. The largest absolute Gasteiger partial charge is 0.348 e. The number of pyridine rings is 1. The molecule has 0 saturated carbocycles. The molecule has 24 heavy (non-hydrogen) atoms. The first kappa shape index (κ1) is 13.2. The Morgan fingerprint density at radius 2 is 2.17 bits per heavy atom. The van der Waals surface area contributed by atoms with Crippen LogP contribution in [0, 0.1) is 0 Å². The van der Waals surface area contributed by atoms with Gasteiger partial charge < -0.3 is 9.88 Å². The van der Waals surface area contributed by atoms with Gasteiger partial charge in [-0.25, -0.2) is 9.50 Å². The minimum Gasteiger partial charge on any atom is -0.348 e. The lowest BCUT2D eigenvalue weighted by molar-refractivity contribution is 0.606. The van der Waals surface area contributed by atoms with Crippen molar-refractivity contribution in [3.8, 4) is 0 Å². The van der Waals surface area contributed by atoms with Crippen molar-refractivity contribution in [2.75, 3.05) is 11.4 Å². The molecule has 0 aliphatic carbocycles. The fourth-order valence-corrected chi connectivity index (χ4v) is 3.36. The first-order valence-electron chi connectivity index (χ1n) is 7.91. The SMILES string of the molecule is c1cnnc(N2CCc3[nH]cnc3[C@H]2c2cc3ccccn3n2)c1. The van der Waals surface area contributed by atoms with E-state index in [1.165, 1.54) is 0 Å². The maximum atomic E-state index is 4.76. The number of nitrogens with zero attached hydrogens (tertiary/aromatic N) is 6. The maximum Gasteiger partial charge on any atom is 0.152 e. The highest BCUT2D eigenvalue weighted by molar-refractivity contribution is 5.53. The number of nitrogens with one attached hydrogen (secondary N) is 1. The zero-order valence-electron chi connectivity index (χ0n) is 12.9. The molecule has 0 fully saturated rings. The molecule has 7 heteroatoms. The van der Waals surface area contributed by atoms with E-state index < -0.39 is 0 Å². The molecule has 0 spiro atoms. The van der Waals surface area contributed by atoms with Crippen molar-refractivity contribution in [2.24, 2.45) is 0 Å². The van der Waals surface area contributed by atoms with Crippen molar-refractivity contribution < 1.29 is 0 Å². The van der Waals surface area contributed by atoms with Gasteiger partial charge in [0.15, 0.2) is 5.82 Å². The minimum atomic E-state index is -0.0726. The van der Waals surface area contributed by atoms with Crippen molar-refractivity contribution in [1.82, 2.24) is 29.8 Å². The normalized spacial score (nSPS) is 17.2. The second-order valence-electron chi connectivity index (χ2n) is 5.83. The summed E-state index contributed by atoms with van der Waals surface area (Å²) in [5.74, 6) is 0.841. The molecule has 0 unspecified atom stereocenters. The van der Waals surface area contributed by atoms with Gasteiger partial charge in [0.25, 0.3) is 0 Å². The second kappa shape index (κ2) is 5.16. The summed E-state index contributed by atoms with van der Waals surface area (Å²) in [5, 5.41) is 13.1. The maximum absolute atomic E-state index is 4.76. The van der Waals surface area contributed by atoms with Gasteiger partial charge in [-0.2, -0.15) is 10.2 Å². The van der Waals surface area contributed by atoms with Crippen LogP contribution in [0.15, 0.2) is 55.1 Å². The van der Waals surface area contributed by atoms with E-state index in [1.807, 2.05) is 35.0 Å². The van der Waals surface area contributed by atoms with Gasteiger partial charge in [-0.3, -0.25) is 0 Å². The molecule has 0 aromatic carbocycles. The third-order valence-corrected chi connectivity index (χ3v) is 4.45. The number of rotatable bonds is 2. The number of aromatic amines is 1. The summed E-state index contributed by atoms with van der Waals surface area (Å²) in [5.41, 5.74) is 4.20. The Bertz CT molecular complexity index is 955. The topological polar surface area (TPSA) is 75.0 Å². The Kier molecular flexibility index (Phi) is 2.84. The lowest BCUT2D eigenvalue weighted by atomic mass is 10.00. The Morgan fingerprint density at radius 3 is 3.04 bits per heavy atom. The van der Waals surface area contributed by atoms with Gasteiger partial charge in [-0.1, -0.05) is 6.07 Å². The summed E-state index contributed by atoms with van der Waals surface area (Å²) in [4.78, 5) is 10.0. The van der Waals surface area contributed by atoms with E-state index in [1.54, 1.807) is 12.5 Å². The van der Waals surface area contributed by atoms with E-state index in [2.05, 4.69) is 37.2 Å². The second-order valence-corrected chi connectivity index (χ2v) is 5.83. The van der Waals surface area contributed by atoms with E-state index >= 15 is 0 Å². The fourth-order valence-electron chi connectivity index (χ4n) is 3.36. The molecule has 0 bridgehead atoms. The predicted molar refractivity (Wildman–Crippen MR) is 88.7 cm³/mol. The predicted octanol–water partition coefficient (Wildman–Crippen LogP) is 2.00. The van der Waals surface area contributed by atoms with Crippen molar-refractivity contribution in [3.63, 3.8) is 0 Å². The molecule has 1 atom stereocenters. The Labute approximate surface area is 138 Å². The molecule has 5 heterocycles. The van der Waals surface area contributed by atoms with Gasteiger partial charge in [0.2, 0.25) is 0 Å². The molecular formula is C17H15N7. The summed E-state index contributed by atoms with van der Waals surface area (Å²) in [6, 6.07) is 12.0. The van der Waals surface area contributed by atoms with Crippen LogP contribution in [0.4, 0.5) is 5.82 Å². The highest BCUT2D eigenvalue weighted by atomic mass is 15.3. The number of fused-ring (bicyclic) bond motifs is 2. The quantitative estimate of drug-likeness (QED) is 0.612. The third kappa shape index (κ3) is 1.98. The number of anilines is 1. The van der Waals surface area contributed by atoms with Crippen molar-refractivity contribution >= 4 is 11.3 Å². The minimum absolute atomic E-state index is 0.0726. The summed E-state index contributed by atoms with van der Waals surface area (Å²) in [7, 11) is 0. The van der Waals surface area contributed by atoms with Crippen molar-refractivity contribution in [1.29, 1.82) is 0 Å². The molecule has 4 aromatic rings. The zero-order chi connectivity index (χ0) is 15.9. The lowest BCUT2D eigenvalue weighted by Gasteiger charge is -2.34. The fraction of sp³-hybridized carbons (Fsp3) is 0.176. The van der Waals surface area contributed by atoms with Gasteiger partial charge in [-0.05, 0) is 30.3 Å². The molecule has 0 amide bonds. The summed E-state index contributed by atoms with van der Waals surface area (Å²) < 4.78 is 1.89. The van der Waals surface area contributed by atoms with Crippen LogP contribution in [0.1, 0.15) is 23.1 Å². The monoisotopic (exact) mass is 317 g/mol. The average molecular weight is 317 g/mol. The van der Waals surface area contributed by atoms with Gasteiger partial charge in [0.05, 0.1) is 23.2 Å². The van der Waals surface area contributed by atoms with E-state index in [0.717, 1.165) is 41.4 Å². The van der Waals surface area contributed by atoms with E-state index in [9.17, 15) is 0 Å². The first-order chi connectivity index (χ1) is 11.9. The van der Waals surface area contributed by atoms with Crippen LogP contribution in [-0.2, 0) is 6.42 Å². The van der Waals surface area contributed by atoms with Gasteiger partial charge >= 0.3 is 0 Å².